The average molecular weight is 238 g/mol. The molecule has 2 heterocycles. The fraction of sp³-hybridized carbons (Fsp3) is 0.583. The topological polar surface area (TPSA) is 35.8 Å². The minimum atomic E-state index is 0.905. The number of rotatable bonds is 3. The Balaban J connectivity index is 1.86. The van der Waals surface area contributed by atoms with Crippen LogP contribution < -0.4 is 0 Å². The van der Waals surface area contributed by atoms with Crippen molar-refractivity contribution >= 4 is 17.0 Å². The number of oxime groups is 1. The highest BCUT2D eigenvalue weighted by atomic mass is 32.1. The lowest BCUT2D eigenvalue weighted by atomic mass is 10.1. The van der Waals surface area contributed by atoms with Gasteiger partial charge in [-0.1, -0.05) is 12.1 Å². The molecule has 1 N–H and O–H groups in total. The first-order valence-electron chi connectivity index (χ1n) is 5.81. The van der Waals surface area contributed by atoms with Crippen LogP contribution in [0.5, 0.6) is 0 Å². The number of aryl methyl sites for hydroxylation is 1. The Labute approximate surface area is 100 Å². The molecule has 0 aliphatic carbocycles. The van der Waals surface area contributed by atoms with Gasteiger partial charge in [-0.3, -0.25) is 4.90 Å². The van der Waals surface area contributed by atoms with Gasteiger partial charge in [0.25, 0.3) is 0 Å². The SMILES string of the molecule is CCc1ccc(CN2CCC(=NO)CC2)s1. The Hall–Kier alpha value is -0.870. The van der Waals surface area contributed by atoms with Gasteiger partial charge in [0.2, 0.25) is 0 Å². The van der Waals surface area contributed by atoms with Crippen LogP contribution in [-0.4, -0.2) is 28.9 Å². The fourth-order valence-corrected chi connectivity index (χ4v) is 2.99. The Kier molecular flexibility index (Phi) is 3.96. The molecule has 2 rings (SSSR count). The monoisotopic (exact) mass is 238 g/mol. The highest BCUT2D eigenvalue weighted by molar-refractivity contribution is 7.11. The van der Waals surface area contributed by atoms with Crippen molar-refractivity contribution in [3.8, 4) is 0 Å². The molecule has 1 aliphatic rings. The number of hydrogen-bond acceptors (Lipinski definition) is 4. The largest absolute Gasteiger partial charge is 0.411 e. The average Bonchev–Trinajstić information content (AvgIpc) is 2.78. The van der Waals surface area contributed by atoms with Crippen molar-refractivity contribution in [2.75, 3.05) is 13.1 Å². The first-order valence-corrected chi connectivity index (χ1v) is 6.63. The predicted octanol–water partition coefficient (Wildman–Crippen LogP) is 2.74. The first kappa shape index (κ1) is 11.6. The third kappa shape index (κ3) is 2.83. The molecular weight excluding hydrogens is 220 g/mol. The summed E-state index contributed by atoms with van der Waals surface area (Å²) in [6.45, 7) is 5.27. The van der Waals surface area contributed by atoms with Crippen molar-refractivity contribution in [1.29, 1.82) is 0 Å². The lowest BCUT2D eigenvalue weighted by molar-refractivity contribution is 0.258. The zero-order valence-electron chi connectivity index (χ0n) is 9.65. The summed E-state index contributed by atoms with van der Waals surface area (Å²) in [6.07, 6.45) is 2.94. The molecule has 4 heteroatoms. The molecule has 0 atom stereocenters. The molecule has 1 fully saturated rings. The zero-order chi connectivity index (χ0) is 11.4. The van der Waals surface area contributed by atoms with Gasteiger partial charge in [0.05, 0.1) is 5.71 Å². The lowest BCUT2D eigenvalue weighted by Gasteiger charge is -2.26. The second-order valence-corrected chi connectivity index (χ2v) is 5.42. The van der Waals surface area contributed by atoms with E-state index in [-0.39, 0.29) is 0 Å². The van der Waals surface area contributed by atoms with Crippen LogP contribution in [0.4, 0.5) is 0 Å². The second kappa shape index (κ2) is 5.46. The van der Waals surface area contributed by atoms with E-state index in [1.807, 2.05) is 11.3 Å². The van der Waals surface area contributed by atoms with Crippen molar-refractivity contribution in [3.63, 3.8) is 0 Å². The van der Waals surface area contributed by atoms with E-state index in [2.05, 4.69) is 29.1 Å². The maximum absolute atomic E-state index is 8.67. The number of nitrogens with zero attached hydrogens (tertiary/aromatic N) is 2. The summed E-state index contributed by atoms with van der Waals surface area (Å²) in [6, 6.07) is 4.46. The van der Waals surface area contributed by atoms with E-state index in [1.54, 1.807) is 0 Å². The van der Waals surface area contributed by atoms with Crippen molar-refractivity contribution in [2.45, 2.75) is 32.7 Å². The summed E-state index contributed by atoms with van der Waals surface area (Å²) >= 11 is 1.91. The van der Waals surface area contributed by atoms with Crippen molar-refractivity contribution in [3.05, 3.63) is 21.9 Å². The van der Waals surface area contributed by atoms with Gasteiger partial charge in [-0.2, -0.15) is 0 Å². The number of piperidine rings is 1. The summed E-state index contributed by atoms with van der Waals surface area (Å²) in [5.41, 5.74) is 0.941. The van der Waals surface area contributed by atoms with Crippen LogP contribution in [-0.2, 0) is 13.0 Å². The van der Waals surface area contributed by atoms with Gasteiger partial charge in [0.15, 0.2) is 0 Å². The Bertz CT molecular complexity index is 363. The molecule has 1 aromatic rings. The zero-order valence-corrected chi connectivity index (χ0v) is 10.5. The van der Waals surface area contributed by atoms with E-state index in [0.717, 1.165) is 44.6 Å². The third-order valence-corrected chi connectivity index (χ3v) is 4.23. The van der Waals surface area contributed by atoms with Gasteiger partial charge >= 0.3 is 0 Å². The van der Waals surface area contributed by atoms with Gasteiger partial charge in [-0.05, 0) is 18.6 Å². The Morgan fingerprint density at radius 2 is 2.00 bits per heavy atom. The molecular formula is C12H18N2OS. The maximum Gasteiger partial charge on any atom is 0.0596 e. The van der Waals surface area contributed by atoms with Crippen molar-refractivity contribution < 1.29 is 5.21 Å². The smallest absolute Gasteiger partial charge is 0.0596 e. The fourth-order valence-electron chi connectivity index (χ4n) is 1.99. The number of thiophene rings is 1. The summed E-state index contributed by atoms with van der Waals surface area (Å²) in [4.78, 5) is 5.34. The molecule has 3 nitrogen and oxygen atoms in total. The summed E-state index contributed by atoms with van der Waals surface area (Å²) in [5, 5.41) is 12.0. The predicted molar refractivity (Wildman–Crippen MR) is 67.4 cm³/mol. The van der Waals surface area contributed by atoms with Crippen LogP contribution >= 0.6 is 11.3 Å². The van der Waals surface area contributed by atoms with Gasteiger partial charge in [-0.15, -0.1) is 11.3 Å². The molecule has 0 amide bonds. The molecule has 0 saturated carbocycles. The molecule has 0 spiro atoms. The highest BCUT2D eigenvalue weighted by Crippen LogP contribution is 2.20. The Morgan fingerprint density at radius 3 is 2.56 bits per heavy atom. The van der Waals surface area contributed by atoms with Crippen LogP contribution in [0.3, 0.4) is 0 Å². The van der Waals surface area contributed by atoms with Crippen molar-refractivity contribution in [1.82, 2.24) is 4.90 Å². The molecule has 0 unspecified atom stereocenters. The van der Waals surface area contributed by atoms with E-state index in [9.17, 15) is 0 Å². The Morgan fingerprint density at radius 1 is 1.31 bits per heavy atom. The molecule has 1 aliphatic heterocycles. The van der Waals surface area contributed by atoms with Gasteiger partial charge in [-0.25, -0.2) is 0 Å². The molecule has 1 saturated heterocycles. The van der Waals surface area contributed by atoms with Crippen LogP contribution in [0.25, 0.3) is 0 Å². The number of likely N-dealkylation sites (tertiary alicyclic amines) is 1. The van der Waals surface area contributed by atoms with E-state index >= 15 is 0 Å². The minimum absolute atomic E-state index is 0.905. The molecule has 0 radical (unpaired) electrons. The van der Waals surface area contributed by atoms with Gasteiger partial charge in [0.1, 0.15) is 0 Å². The molecule has 16 heavy (non-hydrogen) atoms. The second-order valence-electron chi connectivity index (χ2n) is 4.16. The van der Waals surface area contributed by atoms with Crippen LogP contribution in [0.2, 0.25) is 0 Å². The van der Waals surface area contributed by atoms with Crippen LogP contribution in [0, 0.1) is 0 Å². The summed E-state index contributed by atoms with van der Waals surface area (Å²) < 4.78 is 0. The molecule has 0 aromatic carbocycles. The van der Waals surface area contributed by atoms with Crippen molar-refractivity contribution in [2.24, 2.45) is 5.16 Å². The standard InChI is InChI=1S/C12H18N2OS/c1-2-11-3-4-12(16-11)9-14-7-5-10(13-15)6-8-14/h3-4,15H,2,5-9H2,1H3. The summed E-state index contributed by atoms with van der Waals surface area (Å²) in [7, 11) is 0. The first-order chi connectivity index (χ1) is 7.81. The third-order valence-electron chi connectivity index (χ3n) is 3.02. The molecule has 0 bridgehead atoms. The number of hydrogen-bond donors (Lipinski definition) is 1. The van der Waals surface area contributed by atoms with Crippen LogP contribution in [0.15, 0.2) is 17.3 Å². The normalized spacial score (nSPS) is 17.7. The summed E-state index contributed by atoms with van der Waals surface area (Å²) in [5.74, 6) is 0. The molecule has 88 valence electrons. The van der Waals surface area contributed by atoms with Crippen LogP contribution in [0.1, 0.15) is 29.5 Å². The van der Waals surface area contributed by atoms with Gasteiger partial charge in [0, 0.05) is 42.2 Å². The van der Waals surface area contributed by atoms with E-state index < -0.39 is 0 Å². The quantitative estimate of drug-likeness (QED) is 0.649. The van der Waals surface area contributed by atoms with E-state index in [1.165, 1.54) is 9.75 Å². The van der Waals surface area contributed by atoms with Gasteiger partial charge < -0.3 is 5.21 Å². The minimum Gasteiger partial charge on any atom is -0.411 e. The van der Waals surface area contributed by atoms with E-state index in [4.69, 9.17) is 5.21 Å². The highest BCUT2D eigenvalue weighted by Gasteiger charge is 2.15. The maximum atomic E-state index is 8.67. The molecule has 1 aromatic heterocycles. The lowest BCUT2D eigenvalue weighted by Crippen LogP contribution is -2.33. The van der Waals surface area contributed by atoms with E-state index in [0.29, 0.717) is 0 Å².